The van der Waals surface area contributed by atoms with Crippen molar-refractivity contribution >= 4 is 5.96 Å². The summed E-state index contributed by atoms with van der Waals surface area (Å²) in [5.74, 6) is 1.66. The number of aryl methyl sites for hydroxylation is 1. The first-order valence-electron chi connectivity index (χ1n) is 11.0. The van der Waals surface area contributed by atoms with Crippen LogP contribution in [-0.2, 0) is 21.4 Å². The lowest BCUT2D eigenvalue weighted by Crippen LogP contribution is -2.47. The number of hydrogen-bond acceptors (Lipinski definition) is 4. The van der Waals surface area contributed by atoms with Gasteiger partial charge < -0.3 is 24.8 Å². The highest BCUT2D eigenvalue weighted by Gasteiger charge is 2.34. The SMILES string of the molecule is CN=C(NCc1ccc(C)cc1OCCOC)NCC1(c2ccccc2)CCOCC1. The largest absolute Gasteiger partial charge is 0.491 e. The minimum absolute atomic E-state index is 0.0510. The minimum Gasteiger partial charge on any atom is -0.491 e. The van der Waals surface area contributed by atoms with Crippen molar-refractivity contribution in [2.24, 2.45) is 4.99 Å². The number of guanidine groups is 1. The molecule has 0 aromatic heterocycles. The predicted octanol–water partition coefficient (Wildman–Crippen LogP) is 3.43. The van der Waals surface area contributed by atoms with Crippen LogP contribution in [0.1, 0.15) is 29.5 Å². The van der Waals surface area contributed by atoms with Crippen molar-refractivity contribution in [2.45, 2.75) is 31.7 Å². The van der Waals surface area contributed by atoms with Crippen LogP contribution >= 0.6 is 0 Å². The molecule has 1 fully saturated rings. The molecule has 1 aliphatic rings. The Labute approximate surface area is 186 Å². The van der Waals surface area contributed by atoms with Gasteiger partial charge in [0.15, 0.2) is 5.96 Å². The van der Waals surface area contributed by atoms with E-state index >= 15 is 0 Å². The fourth-order valence-electron chi connectivity index (χ4n) is 3.95. The summed E-state index contributed by atoms with van der Waals surface area (Å²) in [5, 5.41) is 7.00. The quantitative estimate of drug-likeness (QED) is 0.366. The third-order valence-electron chi connectivity index (χ3n) is 5.87. The zero-order valence-corrected chi connectivity index (χ0v) is 18.9. The molecule has 2 N–H and O–H groups in total. The fraction of sp³-hybridized carbons (Fsp3) is 0.480. The molecule has 2 aromatic rings. The lowest BCUT2D eigenvalue weighted by molar-refractivity contribution is 0.0514. The summed E-state index contributed by atoms with van der Waals surface area (Å²) in [6.07, 6.45) is 1.99. The molecule has 2 aromatic carbocycles. The molecule has 6 nitrogen and oxygen atoms in total. The molecular weight excluding hydrogens is 390 g/mol. The summed E-state index contributed by atoms with van der Waals surface area (Å²) in [6.45, 7) is 6.17. The Bertz CT molecular complexity index is 833. The molecule has 0 aliphatic carbocycles. The van der Waals surface area contributed by atoms with Crippen LogP contribution in [0.25, 0.3) is 0 Å². The van der Waals surface area contributed by atoms with E-state index in [4.69, 9.17) is 14.2 Å². The van der Waals surface area contributed by atoms with E-state index in [1.807, 2.05) is 0 Å². The summed E-state index contributed by atoms with van der Waals surface area (Å²) < 4.78 is 16.7. The first-order valence-corrected chi connectivity index (χ1v) is 11.0. The van der Waals surface area contributed by atoms with Gasteiger partial charge in [0.1, 0.15) is 12.4 Å². The fourth-order valence-corrected chi connectivity index (χ4v) is 3.95. The molecular formula is C25H35N3O3. The van der Waals surface area contributed by atoms with Gasteiger partial charge in [-0.25, -0.2) is 0 Å². The summed E-state index contributed by atoms with van der Waals surface area (Å²) in [6, 6.07) is 17.0. The van der Waals surface area contributed by atoms with Crippen molar-refractivity contribution in [1.29, 1.82) is 0 Å². The predicted molar refractivity (Wildman–Crippen MR) is 125 cm³/mol. The molecule has 1 heterocycles. The van der Waals surface area contributed by atoms with E-state index in [-0.39, 0.29) is 5.41 Å². The number of hydrogen-bond donors (Lipinski definition) is 2. The van der Waals surface area contributed by atoms with Crippen LogP contribution in [0.3, 0.4) is 0 Å². The van der Waals surface area contributed by atoms with Crippen molar-refractivity contribution in [2.75, 3.05) is 47.1 Å². The van der Waals surface area contributed by atoms with Crippen LogP contribution in [0, 0.1) is 6.92 Å². The lowest BCUT2D eigenvalue weighted by Gasteiger charge is -2.38. The number of rotatable bonds is 9. The zero-order valence-electron chi connectivity index (χ0n) is 18.9. The summed E-state index contributed by atoms with van der Waals surface area (Å²) >= 11 is 0. The van der Waals surface area contributed by atoms with Gasteiger partial charge in [0, 0.05) is 51.4 Å². The number of nitrogens with one attached hydrogen (secondary N) is 2. The maximum Gasteiger partial charge on any atom is 0.191 e. The number of benzene rings is 2. The van der Waals surface area contributed by atoms with Crippen molar-refractivity contribution in [1.82, 2.24) is 10.6 Å². The van der Waals surface area contributed by atoms with Crippen molar-refractivity contribution in [3.8, 4) is 5.75 Å². The van der Waals surface area contributed by atoms with E-state index in [9.17, 15) is 0 Å². The molecule has 168 valence electrons. The van der Waals surface area contributed by atoms with Gasteiger partial charge in [-0.15, -0.1) is 0 Å². The molecule has 31 heavy (non-hydrogen) atoms. The minimum atomic E-state index is 0.0510. The summed E-state index contributed by atoms with van der Waals surface area (Å²) in [7, 11) is 3.48. The molecule has 0 amide bonds. The molecule has 3 rings (SSSR count). The van der Waals surface area contributed by atoms with E-state index < -0.39 is 0 Å². The molecule has 0 saturated carbocycles. The third kappa shape index (κ3) is 6.45. The van der Waals surface area contributed by atoms with E-state index in [1.165, 1.54) is 11.1 Å². The van der Waals surface area contributed by atoms with Gasteiger partial charge >= 0.3 is 0 Å². The van der Waals surface area contributed by atoms with Crippen molar-refractivity contribution < 1.29 is 14.2 Å². The Hall–Kier alpha value is -2.57. The van der Waals surface area contributed by atoms with Gasteiger partial charge in [0.25, 0.3) is 0 Å². The van der Waals surface area contributed by atoms with Crippen LogP contribution < -0.4 is 15.4 Å². The van der Waals surface area contributed by atoms with Gasteiger partial charge in [-0.3, -0.25) is 4.99 Å². The van der Waals surface area contributed by atoms with Crippen LogP contribution in [0.15, 0.2) is 53.5 Å². The van der Waals surface area contributed by atoms with Gasteiger partial charge in [0.05, 0.1) is 6.61 Å². The topological polar surface area (TPSA) is 64.1 Å². The Balaban J connectivity index is 1.63. The normalized spacial score (nSPS) is 16.0. The Morgan fingerprint density at radius 3 is 2.55 bits per heavy atom. The highest BCUT2D eigenvalue weighted by Crippen LogP contribution is 2.34. The Morgan fingerprint density at radius 1 is 1.06 bits per heavy atom. The van der Waals surface area contributed by atoms with E-state index in [2.05, 4.69) is 71.1 Å². The molecule has 0 atom stereocenters. The molecule has 0 spiro atoms. The average Bonchev–Trinajstić information content (AvgIpc) is 2.81. The van der Waals surface area contributed by atoms with Crippen LogP contribution in [0.4, 0.5) is 0 Å². The van der Waals surface area contributed by atoms with Gasteiger partial charge in [-0.05, 0) is 37.0 Å². The number of aliphatic imine (C=N–C) groups is 1. The molecule has 1 aliphatic heterocycles. The Kier molecular flexibility index (Phi) is 8.74. The van der Waals surface area contributed by atoms with Gasteiger partial charge in [-0.2, -0.15) is 0 Å². The first kappa shape index (κ1) is 23.1. The second kappa shape index (κ2) is 11.7. The molecule has 1 saturated heterocycles. The summed E-state index contributed by atoms with van der Waals surface area (Å²) in [5.41, 5.74) is 3.67. The third-order valence-corrected chi connectivity index (χ3v) is 5.87. The Morgan fingerprint density at radius 2 is 1.84 bits per heavy atom. The number of ether oxygens (including phenoxy) is 3. The van der Waals surface area contributed by atoms with E-state index in [0.29, 0.717) is 19.8 Å². The highest BCUT2D eigenvalue weighted by molar-refractivity contribution is 5.79. The lowest BCUT2D eigenvalue weighted by atomic mass is 9.74. The van der Waals surface area contributed by atoms with E-state index in [0.717, 1.165) is 49.9 Å². The second-order valence-corrected chi connectivity index (χ2v) is 7.99. The number of methoxy groups -OCH3 is 1. The zero-order chi connectivity index (χ0) is 21.9. The highest BCUT2D eigenvalue weighted by atomic mass is 16.5. The second-order valence-electron chi connectivity index (χ2n) is 7.99. The van der Waals surface area contributed by atoms with Crippen LogP contribution in [0.2, 0.25) is 0 Å². The van der Waals surface area contributed by atoms with Crippen molar-refractivity contribution in [3.63, 3.8) is 0 Å². The smallest absolute Gasteiger partial charge is 0.191 e. The first-order chi connectivity index (χ1) is 15.2. The van der Waals surface area contributed by atoms with Crippen LogP contribution in [-0.4, -0.2) is 53.1 Å². The van der Waals surface area contributed by atoms with Gasteiger partial charge in [-0.1, -0.05) is 42.5 Å². The molecule has 0 bridgehead atoms. The maximum atomic E-state index is 5.91. The molecule has 0 unspecified atom stereocenters. The monoisotopic (exact) mass is 425 g/mol. The summed E-state index contributed by atoms with van der Waals surface area (Å²) in [4.78, 5) is 4.44. The standard InChI is InChI=1S/C25H35N3O3/c1-20-9-10-21(23(17-20)31-16-15-29-3)18-27-24(26-2)28-19-25(11-13-30-14-12-25)22-7-5-4-6-8-22/h4-10,17H,11-16,18-19H2,1-3H3,(H2,26,27,28). The number of nitrogens with zero attached hydrogens (tertiary/aromatic N) is 1. The maximum absolute atomic E-state index is 5.91. The average molecular weight is 426 g/mol. The van der Waals surface area contributed by atoms with Gasteiger partial charge in [0.2, 0.25) is 0 Å². The molecule has 6 heteroatoms. The van der Waals surface area contributed by atoms with Crippen LogP contribution in [0.5, 0.6) is 5.75 Å². The van der Waals surface area contributed by atoms with Crippen molar-refractivity contribution in [3.05, 3.63) is 65.2 Å². The van der Waals surface area contributed by atoms with E-state index in [1.54, 1.807) is 14.2 Å². The molecule has 0 radical (unpaired) electrons.